The molecule has 0 radical (unpaired) electrons. The number of carbonyl (C=O) groups is 2. The molecule has 0 bridgehead atoms. The van der Waals surface area contributed by atoms with Gasteiger partial charge in [-0.15, -0.1) is 5.01 Å². The molecule has 0 aliphatic rings. The first-order chi connectivity index (χ1) is 20.2. The van der Waals surface area contributed by atoms with Crippen molar-refractivity contribution in [2.45, 2.75) is 31.3 Å². The average molecular weight is 629 g/mol. The van der Waals surface area contributed by atoms with E-state index in [1.807, 2.05) is 6.92 Å². The maximum Gasteiger partial charge on any atom is 0.435 e. The molecule has 0 saturated heterocycles. The summed E-state index contributed by atoms with van der Waals surface area (Å²) < 4.78 is 77.7. The molecule has 1 amide bonds. The molecule has 0 saturated carbocycles. The van der Waals surface area contributed by atoms with Crippen LogP contribution in [0.15, 0.2) is 64.8 Å². The van der Waals surface area contributed by atoms with Crippen molar-refractivity contribution in [3.8, 4) is 16.9 Å². The van der Waals surface area contributed by atoms with Crippen LogP contribution in [0.2, 0.25) is 0 Å². The van der Waals surface area contributed by atoms with Gasteiger partial charge < -0.3 is 19.5 Å². The summed E-state index contributed by atoms with van der Waals surface area (Å²) in [5.41, 5.74) is 0.494. The minimum absolute atomic E-state index is 0.0130. The van der Waals surface area contributed by atoms with Crippen LogP contribution in [0, 0.1) is 12.1 Å². The lowest BCUT2D eigenvalue weighted by Gasteiger charge is -2.13. The SMILES string of the molecule is CCC(=O)OCO/N=[N+](\[O-])N(C)CCOC(=O)NS(=O)(=O)c1ccc(-n2nc(C(F)(F)F)cc2-c2ccc(C)cc2)cc1. The Kier molecular flexibility index (Phi) is 10.5. The molecule has 1 heterocycles. The minimum Gasteiger partial charge on any atom is -0.569 e. The summed E-state index contributed by atoms with van der Waals surface area (Å²) in [6, 6.07) is 12.3. The Balaban J connectivity index is 1.63. The van der Waals surface area contributed by atoms with E-state index in [4.69, 9.17) is 4.74 Å². The fraction of sp³-hybridized carbons (Fsp3) is 0.320. The number of halogens is 3. The predicted octanol–water partition coefficient (Wildman–Crippen LogP) is 3.93. The number of benzene rings is 2. The highest BCUT2D eigenvalue weighted by molar-refractivity contribution is 7.90. The zero-order valence-electron chi connectivity index (χ0n) is 23.1. The van der Waals surface area contributed by atoms with Gasteiger partial charge in [-0.25, -0.2) is 22.6 Å². The molecule has 0 unspecified atom stereocenters. The van der Waals surface area contributed by atoms with E-state index in [1.165, 1.54) is 19.2 Å². The Morgan fingerprint density at radius 1 is 1.12 bits per heavy atom. The number of sulfonamides is 1. The quantitative estimate of drug-likeness (QED) is 0.0775. The number of likely N-dealkylation sites (N-methyl/N-ethyl adjacent to an activating group) is 1. The molecular weight excluding hydrogens is 601 g/mol. The number of amides is 1. The molecule has 0 atom stereocenters. The number of hydrogen-bond donors (Lipinski definition) is 1. The Morgan fingerprint density at radius 2 is 1.77 bits per heavy atom. The van der Waals surface area contributed by atoms with Crippen LogP contribution in [0.1, 0.15) is 24.6 Å². The van der Waals surface area contributed by atoms with Crippen LogP contribution >= 0.6 is 0 Å². The number of aromatic nitrogens is 2. The molecule has 0 spiro atoms. The first-order valence-electron chi connectivity index (χ1n) is 12.4. The summed E-state index contributed by atoms with van der Waals surface area (Å²) in [7, 11) is -3.17. The van der Waals surface area contributed by atoms with Crippen molar-refractivity contribution in [1.29, 1.82) is 0 Å². The van der Waals surface area contributed by atoms with Gasteiger partial charge in [0.2, 0.25) is 5.28 Å². The predicted molar refractivity (Wildman–Crippen MR) is 141 cm³/mol. The minimum atomic E-state index is -4.72. The number of hydrogen-bond acceptors (Lipinski definition) is 10. The Labute approximate surface area is 243 Å². The number of nitrogens with one attached hydrogen (secondary N) is 1. The average Bonchev–Trinajstić information content (AvgIpc) is 3.41. The summed E-state index contributed by atoms with van der Waals surface area (Å²) in [6.07, 6.45) is -5.96. The van der Waals surface area contributed by atoms with Gasteiger partial charge in [0.1, 0.15) is 13.2 Å². The van der Waals surface area contributed by atoms with Crippen LogP contribution in [0.4, 0.5) is 18.0 Å². The van der Waals surface area contributed by atoms with E-state index in [1.54, 1.807) is 35.9 Å². The van der Waals surface area contributed by atoms with Crippen molar-refractivity contribution in [2.24, 2.45) is 5.28 Å². The number of rotatable bonds is 12. The van der Waals surface area contributed by atoms with Gasteiger partial charge in [-0.05, 0) is 37.3 Å². The zero-order chi connectivity index (χ0) is 31.8. The number of aryl methyl sites for hydroxylation is 1. The van der Waals surface area contributed by atoms with E-state index >= 15 is 0 Å². The highest BCUT2D eigenvalue weighted by atomic mass is 32.2. The smallest absolute Gasteiger partial charge is 0.435 e. The molecule has 18 heteroatoms. The molecule has 1 aromatic heterocycles. The monoisotopic (exact) mass is 628 g/mol. The number of carbonyl (C=O) groups excluding carboxylic acids is 2. The van der Waals surface area contributed by atoms with Crippen LogP contribution < -0.4 is 4.72 Å². The van der Waals surface area contributed by atoms with Crippen LogP contribution in [0.3, 0.4) is 0 Å². The van der Waals surface area contributed by atoms with Gasteiger partial charge in [-0.1, -0.05) is 36.8 Å². The Morgan fingerprint density at radius 3 is 2.37 bits per heavy atom. The normalized spacial score (nSPS) is 12.0. The van der Waals surface area contributed by atoms with E-state index in [9.17, 15) is 36.4 Å². The van der Waals surface area contributed by atoms with Crippen molar-refractivity contribution in [3.63, 3.8) is 0 Å². The fourth-order valence-electron chi connectivity index (χ4n) is 3.30. The second kappa shape index (κ2) is 13.9. The van der Waals surface area contributed by atoms with E-state index in [0.29, 0.717) is 5.56 Å². The molecule has 0 aliphatic heterocycles. The molecule has 0 aliphatic carbocycles. The fourth-order valence-corrected chi connectivity index (χ4v) is 4.19. The second-order valence-electron chi connectivity index (χ2n) is 8.76. The first-order valence-corrected chi connectivity index (χ1v) is 13.9. The van der Waals surface area contributed by atoms with Gasteiger partial charge in [0.05, 0.1) is 28.3 Å². The molecule has 0 fully saturated rings. The summed E-state index contributed by atoms with van der Waals surface area (Å²) in [5.74, 6) is -0.559. The topological polar surface area (TPSA) is 167 Å². The standard InChI is InChI=1S/C25H27F3N6O8S/c1-4-23(35)41-16-42-31-34(37)32(3)13-14-40-24(36)30-43(38,39)20-11-9-19(10-12-20)33-21(15-22(29-33)25(26,27)28)18-7-5-17(2)6-8-18/h5-12,15H,4,13-14,16H2,1-3H3,(H,30,36)/b34-31-. The molecule has 14 nitrogen and oxygen atoms in total. The van der Waals surface area contributed by atoms with Gasteiger partial charge in [0.25, 0.3) is 16.8 Å². The summed E-state index contributed by atoms with van der Waals surface area (Å²) in [6.45, 7) is 2.16. The highest BCUT2D eigenvalue weighted by Crippen LogP contribution is 2.33. The van der Waals surface area contributed by atoms with Crippen LogP contribution in [0.5, 0.6) is 0 Å². The number of alkyl halides is 3. The van der Waals surface area contributed by atoms with Crippen molar-refractivity contribution in [3.05, 3.63) is 71.1 Å². The van der Waals surface area contributed by atoms with Crippen LogP contribution in [-0.2, 0) is 35.3 Å². The van der Waals surface area contributed by atoms with Crippen LogP contribution in [-0.4, -0.2) is 67.2 Å². The third-order valence-electron chi connectivity index (χ3n) is 5.59. The van der Waals surface area contributed by atoms with Gasteiger partial charge in [-0.2, -0.15) is 18.3 Å². The zero-order valence-corrected chi connectivity index (χ0v) is 23.9. The van der Waals surface area contributed by atoms with Gasteiger partial charge >= 0.3 is 18.2 Å². The largest absolute Gasteiger partial charge is 0.569 e. The van der Waals surface area contributed by atoms with Crippen LogP contribution in [0.25, 0.3) is 16.9 Å². The molecule has 3 rings (SSSR count). The number of esters is 1. The summed E-state index contributed by atoms with van der Waals surface area (Å²) in [4.78, 5) is 27.2. The van der Waals surface area contributed by atoms with Crippen molar-refractivity contribution in [1.82, 2.24) is 19.5 Å². The van der Waals surface area contributed by atoms with Gasteiger partial charge in [0.15, 0.2) is 5.69 Å². The van der Waals surface area contributed by atoms with E-state index < -0.39 is 47.4 Å². The summed E-state index contributed by atoms with van der Waals surface area (Å²) in [5, 5.41) is 19.4. The van der Waals surface area contributed by atoms with E-state index in [-0.39, 0.29) is 34.2 Å². The van der Waals surface area contributed by atoms with Crippen molar-refractivity contribution < 1.29 is 50.5 Å². The highest BCUT2D eigenvalue weighted by Gasteiger charge is 2.35. The first kappa shape index (κ1) is 32.6. The van der Waals surface area contributed by atoms with E-state index in [0.717, 1.165) is 33.5 Å². The Bertz CT molecular complexity index is 1560. The van der Waals surface area contributed by atoms with Gasteiger partial charge in [0, 0.05) is 12.0 Å². The van der Waals surface area contributed by atoms with E-state index in [2.05, 4.69) is 20.0 Å². The summed E-state index contributed by atoms with van der Waals surface area (Å²) >= 11 is 0. The molecule has 3 aromatic rings. The lowest BCUT2D eigenvalue weighted by atomic mass is 10.1. The maximum absolute atomic E-state index is 13.4. The number of hydrazine groups is 1. The molecule has 43 heavy (non-hydrogen) atoms. The third-order valence-corrected chi connectivity index (χ3v) is 6.91. The van der Waals surface area contributed by atoms with Gasteiger partial charge in [-0.3, -0.25) is 4.79 Å². The molecule has 2 aromatic carbocycles. The Hall–Kier alpha value is -4.87. The van der Waals surface area contributed by atoms with Crippen molar-refractivity contribution >= 4 is 22.1 Å². The second-order valence-corrected chi connectivity index (χ2v) is 10.4. The lowest BCUT2D eigenvalue weighted by molar-refractivity contribution is -0.706. The maximum atomic E-state index is 13.4. The number of ether oxygens (including phenoxy) is 2. The third kappa shape index (κ3) is 9.06. The molecule has 1 N–H and O–H groups in total. The molecular formula is C25H27F3N6O8S. The number of nitrogens with zero attached hydrogens (tertiary/aromatic N) is 5. The lowest BCUT2D eigenvalue weighted by Crippen LogP contribution is -2.35. The molecule has 232 valence electrons. The van der Waals surface area contributed by atoms with Crippen molar-refractivity contribution in [2.75, 3.05) is 27.0 Å².